The van der Waals surface area contributed by atoms with Crippen LogP contribution in [-0.2, 0) is 6.54 Å². The van der Waals surface area contributed by atoms with E-state index in [-0.39, 0.29) is 12.5 Å². The molecule has 0 aliphatic carbocycles. The Bertz CT molecular complexity index is 651. The number of thiophene rings is 2. The van der Waals surface area contributed by atoms with Gasteiger partial charge < -0.3 is 10.4 Å². The van der Waals surface area contributed by atoms with Crippen LogP contribution in [0.4, 0.5) is 0 Å². The van der Waals surface area contributed by atoms with Gasteiger partial charge in [0.25, 0.3) is 5.91 Å². The van der Waals surface area contributed by atoms with Gasteiger partial charge in [-0.25, -0.2) is 0 Å². The van der Waals surface area contributed by atoms with Gasteiger partial charge in [0.2, 0.25) is 0 Å². The van der Waals surface area contributed by atoms with E-state index < -0.39 is 0 Å². The van der Waals surface area contributed by atoms with Crippen molar-refractivity contribution in [3.8, 4) is 11.8 Å². The molecule has 0 fully saturated rings. The molecule has 0 aliphatic heterocycles. The first-order valence-electron chi connectivity index (χ1n) is 5.90. The van der Waals surface area contributed by atoms with Gasteiger partial charge in [-0.1, -0.05) is 11.8 Å². The second kappa shape index (κ2) is 7.60. The van der Waals surface area contributed by atoms with Crippen molar-refractivity contribution in [1.29, 1.82) is 0 Å². The largest absolute Gasteiger partial charge is 0.395 e. The highest BCUT2D eigenvalue weighted by atomic mass is 79.9. The van der Waals surface area contributed by atoms with E-state index in [1.165, 1.54) is 11.3 Å². The van der Waals surface area contributed by atoms with Gasteiger partial charge in [-0.05, 0) is 39.5 Å². The fraction of sp³-hybridized carbons (Fsp3) is 0.214. The van der Waals surface area contributed by atoms with Crippen molar-refractivity contribution in [2.24, 2.45) is 0 Å². The van der Waals surface area contributed by atoms with Gasteiger partial charge in [-0.3, -0.25) is 4.79 Å². The minimum absolute atomic E-state index is 0.0337. The first kappa shape index (κ1) is 15.3. The summed E-state index contributed by atoms with van der Waals surface area (Å²) in [4.78, 5) is 13.8. The van der Waals surface area contributed by atoms with Crippen molar-refractivity contribution >= 4 is 44.5 Å². The molecule has 3 nitrogen and oxygen atoms in total. The highest BCUT2D eigenvalue weighted by Gasteiger charge is 2.11. The minimum atomic E-state index is -0.113. The molecule has 0 unspecified atom stereocenters. The summed E-state index contributed by atoms with van der Waals surface area (Å²) in [5.74, 6) is 5.63. The van der Waals surface area contributed by atoms with Crippen molar-refractivity contribution in [1.82, 2.24) is 5.32 Å². The molecule has 2 N–H and O–H groups in total. The Hall–Kier alpha value is -1.13. The lowest BCUT2D eigenvalue weighted by molar-refractivity contribution is 0.0955. The molecular formula is C14H12BrNO2S2. The Balaban J connectivity index is 1.99. The zero-order chi connectivity index (χ0) is 14.4. The van der Waals surface area contributed by atoms with Crippen LogP contribution in [0.1, 0.15) is 26.5 Å². The van der Waals surface area contributed by atoms with Crippen molar-refractivity contribution in [2.75, 3.05) is 6.61 Å². The van der Waals surface area contributed by atoms with Crippen molar-refractivity contribution in [3.63, 3.8) is 0 Å². The summed E-state index contributed by atoms with van der Waals surface area (Å²) in [6.07, 6.45) is 0.417. The average Bonchev–Trinajstić information content (AvgIpc) is 3.05. The SMILES string of the molecule is O=C(NCc1ccc(Br)s1)c1sccc1C#CCCO. The number of carbonyl (C=O) groups excluding carboxylic acids is 1. The molecule has 0 spiro atoms. The molecule has 0 bridgehead atoms. The standard InChI is InChI=1S/C14H12BrNO2S2/c15-12-5-4-11(20-12)9-16-14(18)13-10(6-8-19-13)3-1-2-7-17/h4-6,8,17H,2,7,9H2,(H,16,18). The Morgan fingerprint density at radius 2 is 2.25 bits per heavy atom. The van der Waals surface area contributed by atoms with E-state index in [1.807, 2.05) is 23.6 Å². The third-order valence-electron chi connectivity index (χ3n) is 2.38. The first-order valence-corrected chi connectivity index (χ1v) is 8.39. The van der Waals surface area contributed by atoms with Gasteiger partial charge in [-0.15, -0.1) is 22.7 Å². The highest BCUT2D eigenvalue weighted by molar-refractivity contribution is 9.11. The maximum atomic E-state index is 12.1. The molecule has 2 aromatic rings. The zero-order valence-corrected chi connectivity index (χ0v) is 13.7. The molecule has 2 rings (SSSR count). The van der Waals surface area contributed by atoms with E-state index in [4.69, 9.17) is 5.11 Å². The number of hydrogen-bond donors (Lipinski definition) is 2. The summed E-state index contributed by atoms with van der Waals surface area (Å²) in [6.45, 7) is 0.544. The smallest absolute Gasteiger partial charge is 0.262 e. The van der Waals surface area contributed by atoms with Crippen LogP contribution in [0, 0.1) is 11.8 Å². The molecule has 0 saturated carbocycles. The van der Waals surface area contributed by atoms with Gasteiger partial charge in [0.05, 0.1) is 16.9 Å². The fourth-order valence-corrected chi connectivity index (χ4v) is 3.68. The monoisotopic (exact) mass is 369 g/mol. The number of amides is 1. The molecule has 0 atom stereocenters. The first-order chi connectivity index (χ1) is 9.70. The van der Waals surface area contributed by atoms with E-state index in [1.54, 1.807) is 11.3 Å². The lowest BCUT2D eigenvalue weighted by atomic mass is 10.2. The maximum absolute atomic E-state index is 12.1. The van der Waals surface area contributed by atoms with Crippen LogP contribution in [-0.4, -0.2) is 17.6 Å². The van der Waals surface area contributed by atoms with Gasteiger partial charge in [-0.2, -0.15) is 0 Å². The van der Waals surface area contributed by atoms with Crippen LogP contribution in [0.25, 0.3) is 0 Å². The van der Waals surface area contributed by atoms with Crippen molar-refractivity contribution in [3.05, 3.63) is 42.7 Å². The van der Waals surface area contributed by atoms with Gasteiger partial charge >= 0.3 is 0 Å². The normalized spacial score (nSPS) is 9.90. The van der Waals surface area contributed by atoms with Crippen LogP contribution in [0.5, 0.6) is 0 Å². The molecule has 1 amide bonds. The van der Waals surface area contributed by atoms with Crippen molar-refractivity contribution < 1.29 is 9.90 Å². The van der Waals surface area contributed by atoms with E-state index in [0.29, 0.717) is 23.4 Å². The highest BCUT2D eigenvalue weighted by Crippen LogP contribution is 2.22. The third-order valence-corrected chi connectivity index (χ3v) is 4.92. The number of nitrogens with one attached hydrogen (secondary N) is 1. The van der Waals surface area contributed by atoms with E-state index >= 15 is 0 Å². The summed E-state index contributed by atoms with van der Waals surface area (Å²) in [5.41, 5.74) is 0.716. The summed E-state index contributed by atoms with van der Waals surface area (Å²) < 4.78 is 1.05. The predicted molar refractivity (Wildman–Crippen MR) is 86.1 cm³/mol. The van der Waals surface area contributed by atoms with Crippen LogP contribution in [0.2, 0.25) is 0 Å². The second-order valence-electron chi connectivity index (χ2n) is 3.83. The van der Waals surface area contributed by atoms with Crippen LogP contribution >= 0.6 is 38.6 Å². The Morgan fingerprint density at radius 1 is 1.40 bits per heavy atom. The number of halogens is 1. The van der Waals surface area contributed by atoms with Crippen LogP contribution in [0.3, 0.4) is 0 Å². The molecule has 0 aromatic carbocycles. The van der Waals surface area contributed by atoms with Gasteiger partial charge in [0, 0.05) is 16.9 Å². The summed E-state index contributed by atoms with van der Waals surface area (Å²) >= 11 is 6.36. The van der Waals surface area contributed by atoms with Gasteiger partial charge in [0.15, 0.2) is 0 Å². The zero-order valence-electron chi connectivity index (χ0n) is 10.5. The van der Waals surface area contributed by atoms with E-state index in [9.17, 15) is 4.79 Å². The lowest BCUT2D eigenvalue weighted by Crippen LogP contribution is -2.22. The van der Waals surface area contributed by atoms with Crippen molar-refractivity contribution in [2.45, 2.75) is 13.0 Å². The second-order valence-corrected chi connectivity index (χ2v) is 7.29. The molecule has 0 radical (unpaired) electrons. The average molecular weight is 370 g/mol. The summed E-state index contributed by atoms with van der Waals surface area (Å²) in [5, 5.41) is 13.4. The Kier molecular flexibility index (Phi) is 5.80. The number of aliphatic hydroxyl groups is 1. The Labute approximate surface area is 133 Å². The summed E-state index contributed by atoms with van der Waals surface area (Å²) in [6, 6.07) is 5.76. The fourth-order valence-electron chi connectivity index (χ4n) is 1.49. The molecule has 0 aliphatic rings. The molecule has 104 valence electrons. The van der Waals surface area contributed by atoms with Crippen LogP contribution < -0.4 is 5.32 Å². The van der Waals surface area contributed by atoms with Crippen LogP contribution in [0.15, 0.2) is 27.4 Å². The molecule has 2 aromatic heterocycles. The predicted octanol–water partition coefficient (Wildman–Crippen LogP) is 3.24. The number of carbonyl (C=O) groups is 1. The third kappa shape index (κ3) is 4.18. The summed E-state index contributed by atoms with van der Waals surface area (Å²) in [7, 11) is 0. The maximum Gasteiger partial charge on any atom is 0.262 e. The molecule has 20 heavy (non-hydrogen) atoms. The van der Waals surface area contributed by atoms with E-state index in [0.717, 1.165) is 8.66 Å². The number of aliphatic hydroxyl groups excluding tert-OH is 1. The minimum Gasteiger partial charge on any atom is -0.395 e. The molecule has 0 saturated heterocycles. The quantitative estimate of drug-likeness (QED) is 0.812. The number of rotatable bonds is 4. The van der Waals surface area contributed by atoms with Gasteiger partial charge in [0.1, 0.15) is 4.88 Å². The molecule has 2 heterocycles. The topological polar surface area (TPSA) is 49.3 Å². The van der Waals surface area contributed by atoms with E-state index in [2.05, 4.69) is 33.1 Å². The Morgan fingerprint density at radius 3 is 2.95 bits per heavy atom. The number of hydrogen-bond acceptors (Lipinski definition) is 4. The molecule has 6 heteroatoms. The molecular weight excluding hydrogens is 358 g/mol. The lowest BCUT2D eigenvalue weighted by Gasteiger charge is -2.02.